The molecule has 23 nitrogen and oxygen atoms in total. The van der Waals surface area contributed by atoms with Gasteiger partial charge in [0, 0.05) is 73.1 Å². The minimum Gasteiger partial charge on any atom is -0.370 e. The van der Waals surface area contributed by atoms with Gasteiger partial charge in [-0.05, 0) is 79.7 Å². The van der Waals surface area contributed by atoms with Crippen LogP contribution in [-0.2, 0) is 48.0 Å². The molecule has 2 fully saturated rings. The molecule has 5 aromatic rings. The summed E-state index contributed by atoms with van der Waals surface area (Å²) in [7, 11) is 0. The van der Waals surface area contributed by atoms with E-state index < -0.39 is 71.2 Å². The van der Waals surface area contributed by atoms with Crippen molar-refractivity contribution in [3.8, 4) is 0 Å². The number of H-pyrrole nitrogens is 2. The third-order valence-electron chi connectivity index (χ3n) is 13.4. The van der Waals surface area contributed by atoms with Crippen molar-refractivity contribution < 1.29 is 28.8 Å². The monoisotopic (exact) mass is 1010 g/mol. The fourth-order valence-electron chi connectivity index (χ4n) is 9.62. The van der Waals surface area contributed by atoms with Crippen LogP contribution in [0.15, 0.2) is 106 Å². The smallest absolute Gasteiger partial charge is 0.246 e. The fourth-order valence-corrected chi connectivity index (χ4v) is 9.62. The van der Waals surface area contributed by atoms with Crippen molar-refractivity contribution in [3.63, 3.8) is 0 Å². The van der Waals surface area contributed by atoms with Crippen molar-refractivity contribution in [2.75, 3.05) is 19.6 Å². The van der Waals surface area contributed by atoms with Gasteiger partial charge in [-0.3, -0.25) is 43.7 Å². The topological polar surface area (TPSA) is 399 Å². The molecule has 392 valence electrons. The normalized spacial score (nSPS) is 22.9. The summed E-state index contributed by atoms with van der Waals surface area (Å²) < 4.78 is 0. The molecule has 7 rings (SSSR count). The largest absolute Gasteiger partial charge is 0.370 e. The van der Waals surface area contributed by atoms with Gasteiger partial charge in [0.1, 0.15) is 35.7 Å². The summed E-state index contributed by atoms with van der Waals surface area (Å²) in [6.07, 6.45) is 4.57. The third kappa shape index (κ3) is 14.1. The van der Waals surface area contributed by atoms with Crippen molar-refractivity contribution in [3.05, 3.63) is 108 Å². The van der Waals surface area contributed by atoms with Gasteiger partial charge in [0.25, 0.3) is 0 Å². The second kappa shape index (κ2) is 24.7. The number of guanidine groups is 3. The number of amides is 6. The lowest BCUT2D eigenvalue weighted by atomic mass is 9.66. The Morgan fingerprint density at radius 1 is 0.473 bits per heavy atom. The van der Waals surface area contributed by atoms with Crippen LogP contribution in [0, 0.1) is 5.92 Å². The van der Waals surface area contributed by atoms with Crippen LogP contribution in [0.1, 0.15) is 61.6 Å². The summed E-state index contributed by atoms with van der Waals surface area (Å²) in [5.74, 6) is -4.82. The van der Waals surface area contributed by atoms with E-state index in [-0.39, 0.29) is 101 Å². The van der Waals surface area contributed by atoms with E-state index in [2.05, 4.69) is 56.8 Å². The van der Waals surface area contributed by atoms with Gasteiger partial charge in [0.2, 0.25) is 35.4 Å². The summed E-state index contributed by atoms with van der Waals surface area (Å²) in [5.41, 5.74) is 35.7. The number of aliphatic imine (C=N–C) groups is 3. The highest BCUT2D eigenvalue weighted by Gasteiger charge is 2.52. The standard InChI is InChI=1S/C51H67N17O6/c52-48(53)58-19-8-16-37-42(69)64-38(17-9-20-59-49(54)55)46(73)68-51(25-30(26-51)18-21-60-50(56)57)47(74)67-41(24-32-28-62-36-15-7-5-13-34(32)36)45(72)65-39(22-29-10-2-1-3-11-29)43(70)66-40(44(71)63-37)23-31-27-61-35-14-6-4-12-33(31)35/h1-7,10-15,27-28,30,37-41,61-62H,8-9,16-26H2,(H,63,71)(H,64,69)(H,65,72)(H,66,70)(H,67,74)(H,68,73)(H4,52,53,58)(H4,54,55,59)(H4,56,57,60)/t30?,37-,38-,39-,40-,41-,51?/m0/s1. The Hall–Kier alpha value is -8.63. The molecule has 1 aliphatic heterocycles. The molecular weight excluding hydrogens is 947 g/mol. The average Bonchev–Trinajstić information content (AvgIpc) is 3.97. The maximum Gasteiger partial charge on any atom is 0.246 e. The van der Waals surface area contributed by atoms with E-state index in [1.807, 2.05) is 54.6 Å². The predicted molar refractivity (Wildman–Crippen MR) is 283 cm³/mol. The Balaban J connectivity index is 1.31. The van der Waals surface area contributed by atoms with Gasteiger partial charge in [-0.2, -0.15) is 0 Å². The van der Waals surface area contributed by atoms with E-state index in [0.29, 0.717) is 23.1 Å². The SMILES string of the molecule is NC(N)=NCCC[C@@H]1NC(=O)[C@H](Cc2c[nH]c3ccccc23)NC(=O)[C@H](Cc2ccccc2)NC(=O)[C@H](Cc2c[nH]c3ccccc23)NC(=O)C2(CC(CCN=C(N)N)C2)NC(=O)[C@H](CCCN=C(N)N)NC1=O. The van der Waals surface area contributed by atoms with Gasteiger partial charge < -0.3 is 76.3 Å². The molecule has 0 radical (unpaired) electrons. The van der Waals surface area contributed by atoms with Crippen LogP contribution < -0.4 is 66.3 Å². The first-order valence-electron chi connectivity index (χ1n) is 24.7. The zero-order valence-corrected chi connectivity index (χ0v) is 41.1. The highest BCUT2D eigenvalue weighted by Crippen LogP contribution is 2.41. The molecular formula is C51H67N17O6. The van der Waals surface area contributed by atoms with Crippen LogP contribution in [0.5, 0.6) is 0 Å². The van der Waals surface area contributed by atoms with Gasteiger partial charge in [0.15, 0.2) is 17.9 Å². The lowest BCUT2D eigenvalue weighted by Gasteiger charge is -2.47. The van der Waals surface area contributed by atoms with Gasteiger partial charge in [-0.25, -0.2) is 0 Å². The molecule has 20 N–H and O–H groups in total. The minimum absolute atomic E-state index is 0.00122. The molecule has 5 atom stereocenters. The first kappa shape index (κ1) is 53.2. The van der Waals surface area contributed by atoms with Crippen LogP contribution in [0.25, 0.3) is 21.8 Å². The van der Waals surface area contributed by atoms with Crippen molar-refractivity contribution >= 4 is 75.1 Å². The molecule has 1 spiro atoms. The Bertz CT molecular complexity index is 2880. The first-order chi connectivity index (χ1) is 35.6. The summed E-state index contributed by atoms with van der Waals surface area (Å²) >= 11 is 0. The number of benzene rings is 3. The van der Waals surface area contributed by atoms with Crippen LogP contribution in [0.2, 0.25) is 0 Å². The third-order valence-corrected chi connectivity index (χ3v) is 13.4. The molecule has 0 bridgehead atoms. The lowest BCUT2D eigenvalue weighted by molar-refractivity contribution is -0.143. The van der Waals surface area contributed by atoms with Gasteiger partial charge >= 0.3 is 0 Å². The van der Waals surface area contributed by atoms with E-state index in [9.17, 15) is 19.2 Å². The quantitative estimate of drug-likeness (QED) is 0.0308. The predicted octanol–water partition coefficient (Wildman–Crippen LogP) is -0.850. The minimum atomic E-state index is -1.59. The van der Waals surface area contributed by atoms with E-state index in [1.54, 1.807) is 36.7 Å². The van der Waals surface area contributed by atoms with E-state index in [0.717, 1.165) is 21.8 Å². The molecule has 1 saturated carbocycles. The van der Waals surface area contributed by atoms with Gasteiger partial charge in [-0.15, -0.1) is 0 Å². The zero-order chi connectivity index (χ0) is 52.8. The van der Waals surface area contributed by atoms with E-state index in [1.165, 1.54) is 0 Å². The van der Waals surface area contributed by atoms with Gasteiger partial charge in [-0.1, -0.05) is 66.7 Å². The highest BCUT2D eigenvalue weighted by atomic mass is 16.2. The zero-order valence-electron chi connectivity index (χ0n) is 41.1. The Kier molecular flexibility index (Phi) is 17.7. The number of nitrogens with two attached hydrogens (primary N) is 6. The average molecular weight is 1010 g/mol. The summed E-state index contributed by atoms with van der Waals surface area (Å²) in [6, 6.07) is 17.5. The van der Waals surface area contributed by atoms with E-state index >= 15 is 9.59 Å². The molecule has 3 aromatic carbocycles. The summed E-state index contributed by atoms with van der Waals surface area (Å²) in [5, 5.41) is 19.1. The molecule has 0 unspecified atom stereocenters. The number of nitrogens with one attached hydrogen (secondary N) is 8. The molecule has 2 aromatic heterocycles. The van der Waals surface area contributed by atoms with Crippen molar-refractivity contribution in [1.82, 2.24) is 41.9 Å². The second-order valence-corrected chi connectivity index (χ2v) is 18.9. The molecule has 2 aliphatic rings. The lowest BCUT2D eigenvalue weighted by Crippen LogP contribution is -2.70. The van der Waals surface area contributed by atoms with Crippen LogP contribution in [0.4, 0.5) is 0 Å². The summed E-state index contributed by atoms with van der Waals surface area (Å²) in [4.78, 5) is 108. The Morgan fingerprint density at radius 3 is 1.41 bits per heavy atom. The number of aromatic nitrogens is 2. The molecule has 3 heterocycles. The van der Waals surface area contributed by atoms with Crippen molar-refractivity contribution in [2.45, 2.75) is 100.0 Å². The number of aromatic amines is 2. The van der Waals surface area contributed by atoms with E-state index in [4.69, 9.17) is 34.4 Å². The fraction of sp³-hybridized carbons (Fsp3) is 0.392. The number of hydrogen-bond donors (Lipinski definition) is 14. The molecule has 74 heavy (non-hydrogen) atoms. The number of carbonyl (C=O) groups excluding carboxylic acids is 6. The maximum absolute atomic E-state index is 15.1. The number of nitrogens with zero attached hydrogens (tertiary/aromatic N) is 3. The second-order valence-electron chi connectivity index (χ2n) is 18.9. The maximum atomic E-state index is 15.1. The van der Waals surface area contributed by atoms with Crippen LogP contribution in [0.3, 0.4) is 0 Å². The Morgan fingerprint density at radius 2 is 0.892 bits per heavy atom. The molecule has 23 heteroatoms. The number of para-hydroxylation sites is 2. The highest BCUT2D eigenvalue weighted by molar-refractivity contribution is 6.00. The number of hydrogen-bond acceptors (Lipinski definition) is 9. The Labute approximate surface area is 427 Å². The molecule has 1 aliphatic carbocycles. The summed E-state index contributed by atoms with van der Waals surface area (Å²) in [6.45, 7) is 0.464. The molecule has 6 amide bonds. The van der Waals surface area contributed by atoms with Crippen LogP contribution >= 0.6 is 0 Å². The number of carbonyl (C=O) groups is 6. The first-order valence-corrected chi connectivity index (χ1v) is 24.7. The number of rotatable bonds is 17. The van der Waals surface area contributed by atoms with Crippen molar-refractivity contribution in [2.24, 2.45) is 55.3 Å². The van der Waals surface area contributed by atoms with Crippen LogP contribution in [-0.4, -0.2) is 119 Å². The van der Waals surface area contributed by atoms with Crippen molar-refractivity contribution in [1.29, 1.82) is 0 Å². The molecule has 1 saturated heterocycles. The van der Waals surface area contributed by atoms with Gasteiger partial charge in [0.05, 0.1) is 0 Å². The number of fused-ring (bicyclic) bond motifs is 2.